The van der Waals surface area contributed by atoms with Gasteiger partial charge in [-0.05, 0) is 6.92 Å². The summed E-state index contributed by atoms with van der Waals surface area (Å²) in [5.41, 5.74) is 10.5. The highest BCUT2D eigenvalue weighted by molar-refractivity contribution is 4.70. The number of allylic oxidation sites excluding steroid dienone is 1. The Balaban J connectivity index is 2.69. The van der Waals surface area contributed by atoms with Gasteiger partial charge < -0.3 is 11.2 Å². The van der Waals surface area contributed by atoms with E-state index in [4.69, 9.17) is 5.73 Å². The van der Waals surface area contributed by atoms with Crippen molar-refractivity contribution in [3.8, 4) is 0 Å². The number of hydrogen-bond acceptors (Lipinski definition) is 3. The highest BCUT2D eigenvalue weighted by Gasteiger charge is 1.63. The van der Waals surface area contributed by atoms with Gasteiger partial charge in [-0.15, -0.1) is 0 Å². The molecule has 0 aliphatic carbocycles. The molecule has 0 aromatic heterocycles. The standard InChI is InChI=1S/C4H11N3/c1-2-3-6-7-4-5/h2-3,6-7H,4-5H2,1H3/b3-2-. The van der Waals surface area contributed by atoms with Crippen molar-refractivity contribution >= 4 is 0 Å². The van der Waals surface area contributed by atoms with Crippen molar-refractivity contribution in [3.63, 3.8) is 0 Å². The van der Waals surface area contributed by atoms with E-state index in [0.717, 1.165) is 0 Å². The van der Waals surface area contributed by atoms with Crippen LogP contribution in [0.15, 0.2) is 12.3 Å². The molecule has 0 fully saturated rings. The first kappa shape index (κ1) is 6.46. The molecule has 0 bridgehead atoms. The highest BCUT2D eigenvalue weighted by atomic mass is 15.4. The summed E-state index contributed by atoms with van der Waals surface area (Å²) in [7, 11) is 0. The average Bonchev–Trinajstić information content (AvgIpc) is 1.69. The van der Waals surface area contributed by atoms with Crippen LogP contribution in [0.25, 0.3) is 0 Å². The fourth-order valence-corrected chi connectivity index (χ4v) is 0.201. The molecule has 0 aromatic carbocycles. The van der Waals surface area contributed by atoms with Crippen molar-refractivity contribution < 1.29 is 0 Å². The molecule has 0 radical (unpaired) electrons. The van der Waals surface area contributed by atoms with Crippen LogP contribution in [0.1, 0.15) is 6.92 Å². The lowest BCUT2D eigenvalue weighted by Crippen LogP contribution is -2.32. The molecular weight excluding hydrogens is 90.1 g/mol. The summed E-state index contributed by atoms with van der Waals surface area (Å²) in [6, 6.07) is 0. The van der Waals surface area contributed by atoms with E-state index in [1.807, 2.05) is 13.0 Å². The molecule has 0 rings (SSSR count). The minimum Gasteiger partial charge on any atom is -0.328 e. The Kier molecular flexibility index (Phi) is 5.04. The van der Waals surface area contributed by atoms with Gasteiger partial charge in [0.1, 0.15) is 0 Å². The molecule has 0 aliphatic heterocycles. The van der Waals surface area contributed by atoms with E-state index in [0.29, 0.717) is 6.67 Å². The van der Waals surface area contributed by atoms with Crippen LogP contribution in [0, 0.1) is 0 Å². The minimum absolute atomic E-state index is 0.449. The molecule has 0 atom stereocenters. The van der Waals surface area contributed by atoms with Crippen molar-refractivity contribution in [1.82, 2.24) is 10.9 Å². The van der Waals surface area contributed by atoms with Crippen molar-refractivity contribution in [2.45, 2.75) is 6.92 Å². The Hall–Kier alpha value is -0.540. The van der Waals surface area contributed by atoms with Gasteiger partial charge in [-0.1, -0.05) is 6.08 Å². The molecule has 0 amide bonds. The van der Waals surface area contributed by atoms with Gasteiger partial charge in [0.05, 0.1) is 6.67 Å². The summed E-state index contributed by atoms with van der Waals surface area (Å²) in [4.78, 5) is 0. The molecule has 0 saturated heterocycles. The molecule has 0 aliphatic rings. The summed E-state index contributed by atoms with van der Waals surface area (Å²) in [6.45, 7) is 2.37. The normalized spacial score (nSPS) is 10.0. The van der Waals surface area contributed by atoms with Crippen LogP contribution in [0.4, 0.5) is 0 Å². The van der Waals surface area contributed by atoms with E-state index >= 15 is 0 Å². The second-order valence-electron chi connectivity index (χ2n) is 1.03. The van der Waals surface area contributed by atoms with Crippen molar-refractivity contribution in [2.24, 2.45) is 5.73 Å². The fraction of sp³-hybridized carbons (Fsp3) is 0.500. The second kappa shape index (κ2) is 5.46. The van der Waals surface area contributed by atoms with E-state index < -0.39 is 0 Å². The first-order valence-electron chi connectivity index (χ1n) is 2.21. The quantitative estimate of drug-likeness (QED) is 0.256. The Morgan fingerprint density at radius 1 is 1.71 bits per heavy atom. The summed E-state index contributed by atoms with van der Waals surface area (Å²) >= 11 is 0. The molecule has 0 saturated carbocycles. The SMILES string of the molecule is C/C=C\NNCN. The van der Waals surface area contributed by atoms with E-state index in [2.05, 4.69) is 10.9 Å². The molecule has 0 unspecified atom stereocenters. The Morgan fingerprint density at radius 2 is 2.43 bits per heavy atom. The first-order valence-corrected chi connectivity index (χ1v) is 2.21. The molecular formula is C4H11N3. The van der Waals surface area contributed by atoms with Gasteiger partial charge in [0.25, 0.3) is 0 Å². The Morgan fingerprint density at radius 3 is 2.86 bits per heavy atom. The van der Waals surface area contributed by atoms with E-state index in [-0.39, 0.29) is 0 Å². The maximum absolute atomic E-state index is 5.06. The number of nitrogens with two attached hydrogens (primary N) is 1. The molecule has 0 spiro atoms. The number of hydrogen-bond donors (Lipinski definition) is 3. The third kappa shape index (κ3) is 5.46. The largest absolute Gasteiger partial charge is 0.328 e. The third-order valence-electron chi connectivity index (χ3n) is 0.454. The molecule has 42 valence electrons. The fourth-order valence-electron chi connectivity index (χ4n) is 0.201. The zero-order valence-electron chi connectivity index (χ0n) is 4.44. The predicted molar refractivity (Wildman–Crippen MR) is 30.1 cm³/mol. The molecule has 3 nitrogen and oxygen atoms in total. The minimum atomic E-state index is 0.449. The van der Waals surface area contributed by atoms with E-state index in [9.17, 15) is 0 Å². The van der Waals surface area contributed by atoms with Crippen LogP contribution in [-0.4, -0.2) is 6.67 Å². The summed E-state index contributed by atoms with van der Waals surface area (Å²) < 4.78 is 0. The lowest BCUT2D eigenvalue weighted by Gasteiger charge is -1.95. The predicted octanol–water partition coefficient (Wildman–Crippen LogP) is -0.470. The summed E-state index contributed by atoms with van der Waals surface area (Å²) in [5.74, 6) is 0. The molecule has 3 heteroatoms. The van der Waals surface area contributed by atoms with Gasteiger partial charge in [-0.3, -0.25) is 0 Å². The third-order valence-corrected chi connectivity index (χ3v) is 0.454. The molecule has 0 heterocycles. The molecule has 7 heavy (non-hydrogen) atoms. The van der Waals surface area contributed by atoms with Gasteiger partial charge >= 0.3 is 0 Å². The van der Waals surface area contributed by atoms with Crippen molar-refractivity contribution in [3.05, 3.63) is 12.3 Å². The maximum atomic E-state index is 5.06. The zero-order chi connectivity index (χ0) is 5.54. The van der Waals surface area contributed by atoms with Crippen LogP contribution >= 0.6 is 0 Å². The van der Waals surface area contributed by atoms with Crippen molar-refractivity contribution in [1.29, 1.82) is 0 Å². The summed E-state index contributed by atoms with van der Waals surface area (Å²) in [6.07, 6.45) is 3.65. The van der Waals surface area contributed by atoms with Gasteiger partial charge in [0.15, 0.2) is 0 Å². The van der Waals surface area contributed by atoms with Gasteiger partial charge in [-0.25, -0.2) is 5.43 Å². The van der Waals surface area contributed by atoms with Crippen molar-refractivity contribution in [2.75, 3.05) is 6.67 Å². The van der Waals surface area contributed by atoms with Gasteiger partial charge in [-0.2, -0.15) is 0 Å². The monoisotopic (exact) mass is 101 g/mol. The lowest BCUT2D eigenvalue weighted by atomic mass is 10.7. The molecule has 4 N–H and O–H groups in total. The highest BCUT2D eigenvalue weighted by Crippen LogP contribution is 1.54. The second-order valence-corrected chi connectivity index (χ2v) is 1.03. The Labute approximate surface area is 43.6 Å². The number of hydrazine groups is 1. The van der Waals surface area contributed by atoms with Gasteiger partial charge in [0, 0.05) is 6.20 Å². The van der Waals surface area contributed by atoms with Crippen LogP contribution < -0.4 is 16.6 Å². The smallest absolute Gasteiger partial charge is 0.0612 e. The van der Waals surface area contributed by atoms with Gasteiger partial charge in [0.2, 0.25) is 0 Å². The van der Waals surface area contributed by atoms with E-state index in [1.165, 1.54) is 0 Å². The Bertz CT molecular complexity index is 50.9. The van der Waals surface area contributed by atoms with Crippen LogP contribution in [-0.2, 0) is 0 Å². The van der Waals surface area contributed by atoms with Crippen LogP contribution in [0.3, 0.4) is 0 Å². The maximum Gasteiger partial charge on any atom is 0.0612 e. The average molecular weight is 101 g/mol. The topological polar surface area (TPSA) is 50.1 Å². The van der Waals surface area contributed by atoms with Crippen LogP contribution in [0.2, 0.25) is 0 Å². The van der Waals surface area contributed by atoms with E-state index in [1.54, 1.807) is 6.20 Å². The summed E-state index contributed by atoms with van der Waals surface area (Å²) in [5, 5.41) is 0. The number of nitrogens with one attached hydrogen (secondary N) is 2. The number of rotatable bonds is 3. The van der Waals surface area contributed by atoms with Crippen LogP contribution in [0.5, 0.6) is 0 Å². The zero-order valence-corrected chi connectivity index (χ0v) is 4.44. The molecule has 0 aromatic rings. The lowest BCUT2D eigenvalue weighted by molar-refractivity contribution is 0.641. The first-order chi connectivity index (χ1) is 3.41.